The largest absolute Gasteiger partial charge is 0.362 e. The van der Waals surface area contributed by atoms with E-state index in [9.17, 15) is 14.9 Å². The van der Waals surface area contributed by atoms with Crippen LogP contribution in [0.25, 0.3) is 0 Å². The van der Waals surface area contributed by atoms with E-state index in [-0.39, 0.29) is 16.6 Å². The molecule has 0 radical (unpaired) electrons. The molecule has 1 N–H and O–H groups in total. The lowest BCUT2D eigenvalue weighted by molar-refractivity contribution is -0.384. The molecule has 0 atom stereocenters. The van der Waals surface area contributed by atoms with Crippen LogP contribution in [0.3, 0.4) is 0 Å². The van der Waals surface area contributed by atoms with Gasteiger partial charge in [-0.3, -0.25) is 10.1 Å². The molecule has 3 rings (SSSR count). The first-order valence-corrected chi connectivity index (χ1v) is 8.22. The van der Waals surface area contributed by atoms with Crippen molar-refractivity contribution in [3.05, 3.63) is 63.7 Å². The Bertz CT molecular complexity index is 791. The van der Waals surface area contributed by atoms with Gasteiger partial charge >= 0.3 is 6.03 Å². The minimum atomic E-state index is -0.381. The van der Waals surface area contributed by atoms with Gasteiger partial charge in [0.25, 0.3) is 5.69 Å². The average Bonchev–Trinajstić information content (AvgIpc) is 2.62. The number of carbonyl (C=O) groups is 1. The summed E-state index contributed by atoms with van der Waals surface area (Å²) < 4.78 is 0. The van der Waals surface area contributed by atoms with Crippen LogP contribution in [0.5, 0.6) is 0 Å². The van der Waals surface area contributed by atoms with Gasteiger partial charge in [-0.1, -0.05) is 29.8 Å². The molecule has 2 amide bonds. The lowest BCUT2D eigenvalue weighted by Gasteiger charge is -2.35. The van der Waals surface area contributed by atoms with Crippen LogP contribution in [0.15, 0.2) is 48.5 Å². The highest BCUT2D eigenvalue weighted by molar-refractivity contribution is 6.30. The van der Waals surface area contributed by atoms with Crippen molar-refractivity contribution in [2.75, 3.05) is 36.4 Å². The Morgan fingerprint density at radius 1 is 1.08 bits per heavy atom. The fraction of sp³-hybridized carbons (Fsp3) is 0.235. The summed E-state index contributed by atoms with van der Waals surface area (Å²) in [5.41, 5.74) is 1.31. The summed E-state index contributed by atoms with van der Waals surface area (Å²) in [4.78, 5) is 26.7. The van der Waals surface area contributed by atoms with E-state index in [1.54, 1.807) is 47.4 Å². The number of benzene rings is 2. The fourth-order valence-corrected chi connectivity index (χ4v) is 3.00. The zero-order valence-corrected chi connectivity index (χ0v) is 14.1. The van der Waals surface area contributed by atoms with Crippen molar-refractivity contribution in [1.82, 2.24) is 4.90 Å². The average molecular weight is 361 g/mol. The van der Waals surface area contributed by atoms with Crippen molar-refractivity contribution in [3.63, 3.8) is 0 Å². The normalized spacial score (nSPS) is 14.3. The third kappa shape index (κ3) is 4.00. The monoisotopic (exact) mass is 360 g/mol. The van der Waals surface area contributed by atoms with Crippen LogP contribution < -0.4 is 10.2 Å². The Morgan fingerprint density at radius 2 is 1.80 bits per heavy atom. The van der Waals surface area contributed by atoms with Gasteiger partial charge in [0.1, 0.15) is 5.69 Å². The second-order valence-corrected chi connectivity index (χ2v) is 6.10. The summed E-state index contributed by atoms with van der Waals surface area (Å²) in [5.74, 6) is 0. The van der Waals surface area contributed by atoms with Crippen molar-refractivity contribution in [3.8, 4) is 0 Å². The van der Waals surface area contributed by atoms with Crippen LogP contribution in [-0.4, -0.2) is 42.0 Å². The topological polar surface area (TPSA) is 78.7 Å². The molecular formula is C17H17ClN4O3. The molecule has 0 unspecified atom stereocenters. The zero-order chi connectivity index (χ0) is 17.8. The molecule has 2 aromatic rings. The first kappa shape index (κ1) is 17.0. The predicted octanol–water partition coefficient (Wildman–Crippen LogP) is 3.60. The quantitative estimate of drug-likeness (QED) is 0.670. The van der Waals surface area contributed by atoms with Crippen LogP contribution in [0, 0.1) is 10.1 Å². The molecule has 130 valence electrons. The van der Waals surface area contributed by atoms with E-state index in [2.05, 4.69) is 5.32 Å². The highest BCUT2D eigenvalue weighted by atomic mass is 35.5. The maximum Gasteiger partial charge on any atom is 0.321 e. The number of para-hydroxylation sites is 2. The van der Waals surface area contributed by atoms with E-state index in [0.29, 0.717) is 42.6 Å². The summed E-state index contributed by atoms with van der Waals surface area (Å²) in [6.07, 6.45) is 0. The lowest BCUT2D eigenvalue weighted by atomic mass is 10.2. The van der Waals surface area contributed by atoms with Gasteiger partial charge in [-0.2, -0.15) is 0 Å². The first-order valence-electron chi connectivity index (χ1n) is 7.84. The molecule has 1 aliphatic rings. The summed E-state index contributed by atoms with van der Waals surface area (Å²) in [5, 5.41) is 14.5. The molecule has 1 fully saturated rings. The number of nitro benzene ring substituents is 1. The molecule has 0 spiro atoms. The third-order valence-corrected chi connectivity index (χ3v) is 4.30. The molecule has 7 nitrogen and oxygen atoms in total. The van der Waals surface area contributed by atoms with Crippen LogP contribution >= 0.6 is 11.6 Å². The molecule has 0 aliphatic carbocycles. The number of amides is 2. The van der Waals surface area contributed by atoms with Gasteiger partial charge in [0.15, 0.2) is 0 Å². The van der Waals surface area contributed by atoms with Gasteiger partial charge in [0, 0.05) is 43.0 Å². The highest BCUT2D eigenvalue weighted by Gasteiger charge is 2.25. The smallest absolute Gasteiger partial charge is 0.321 e. The van der Waals surface area contributed by atoms with Crippen molar-refractivity contribution < 1.29 is 9.72 Å². The van der Waals surface area contributed by atoms with E-state index in [4.69, 9.17) is 11.6 Å². The summed E-state index contributed by atoms with van der Waals surface area (Å²) in [6.45, 7) is 2.04. The maximum atomic E-state index is 12.3. The zero-order valence-electron chi connectivity index (χ0n) is 13.4. The number of nitrogens with zero attached hydrogens (tertiary/aromatic N) is 3. The van der Waals surface area contributed by atoms with Crippen molar-refractivity contribution in [2.24, 2.45) is 0 Å². The van der Waals surface area contributed by atoms with Crippen molar-refractivity contribution >= 4 is 34.7 Å². The fourth-order valence-electron chi connectivity index (χ4n) is 2.81. The number of rotatable bonds is 3. The number of hydrogen-bond donors (Lipinski definition) is 1. The maximum absolute atomic E-state index is 12.3. The number of anilines is 2. The van der Waals surface area contributed by atoms with E-state index in [1.165, 1.54) is 6.07 Å². The Hall–Kier alpha value is -2.80. The Morgan fingerprint density at radius 3 is 2.48 bits per heavy atom. The second kappa shape index (κ2) is 7.40. The van der Waals surface area contributed by atoms with Crippen LogP contribution in [-0.2, 0) is 0 Å². The van der Waals surface area contributed by atoms with E-state index < -0.39 is 0 Å². The Kier molecular flexibility index (Phi) is 5.04. The third-order valence-electron chi connectivity index (χ3n) is 4.06. The Balaban J connectivity index is 1.62. The molecule has 1 saturated heterocycles. The standard InChI is InChI=1S/C17H17ClN4O3/c18-13-4-3-5-14(12-13)19-17(23)21-10-8-20(9-11-21)15-6-1-2-7-16(15)22(24)25/h1-7,12H,8-11H2,(H,19,23). The Labute approximate surface area is 149 Å². The van der Waals surface area contributed by atoms with E-state index in [1.807, 2.05) is 4.90 Å². The van der Waals surface area contributed by atoms with Crippen LogP contribution in [0.4, 0.5) is 21.9 Å². The number of nitrogens with one attached hydrogen (secondary N) is 1. The molecule has 2 aromatic carbocycles. The van der Waals surface area contributed by atoms with Gasteiger partial charge in [0.05, 0.1) is 4.92 Å². The van der Waals surface area contributed by atoms with E-state index in [0.717, 1.165) is 0 Å². The molecular weight excluding hydrogens is 344 g/mol. The second-order valence-electron chi connectivity index (χ2n) is 5.66. The first-order chi connectivity index (χ1) is 12.0. The minimum Gasteiger partial charge on any atom is -0.362 e. The van der Waals surface area contributed by atoms with Gasteiger partial charge in [-0.05, 0) is 24.3 Å². The number of urea groups is 1. The number of halogens is 1. The highest BCUT2D eigenvalue weighted by Crippen LogP contribution is 2.28. The molecule has 1 aliphatic heterocycles. The van der Waals surface area contributed by atoms with Gasteiger partial charge in [-0.25, -0.2) is 4.79 Å². The lowest BCUT2D eigenvalue weighted by Crippen LogP contribution is -2.50. The number of carbonyl (C=O) groups excluding carboxylic acids is 1. The molecule has 0 bridgehead atoms. The summed E-state index contributed by atoms with van der Waals surface area (Å²) >= 11 is 5.91. The predicted molar refractivity (Wildman–Crippen MR) is 97.4 cm³/mol. The summed E-state index contributed by atoms with van der Waals surface area (Å²) in [7, 11) is 0. The molecule has 0 aromatic heterocycles. The molecule has 1 heterocycles. The van der Waals surface area contributed by atoms with Gasteiger partial charge in [0.2, 0.25) is 0 Å². The van der Waals surface area contributed by atoms with Gasteiger partial charge in [-0.15, -0.1) is 0 Å². The minimum absolute atomic E-state index is 0.0827. The van der Waals surface area contributed by atoms with E-state index >= 15 is 0 Å². The van der Waals surface area contributed by atoms with Crippen LogP contribution in [0.1, 0.15) is 0 Å². The number of nitro groups is 1. The SMILES string of the molecule is O=C(Nc1cccc(Cl)c1)N1CCN(c2ccccc2[N+](=O)[O-])CC1. The molecule has 25 heavy (non-hydrogen) atoms. The van der Waals surface area contributed by atoms with Crippen molar-refractivity contribution in [1.29, 1.82) is 0 Å². The number of hydrogen-bond acceptors (Lipinski definition) is 4. The molecule has 0 saturated carbocycles. The van der Waals surface area contributed by atoms with Gasteiger partial charge < -0.3 is 15.1 Å². The van der Waals surface area contributed by atoms with Crippen molar-refractivity contribution in [2.45, 2.75) is 0 Å². The molecule has 8 heteroatoms. The number of piperazine rings is 1. The summed E-state index contributed by atoms with van der Waals surface area (Å²) in [6, 6.07) is 13.4. The van der Waals surface area contributed by atoms with Crippen LogP contribution in [0.2, 0.25) is 5.02 Å².